The third kappa shape index (κ3) is 3.48. The van der Waals surface area contributed by atoms with Crippen molar-refractivity contribution in [2.75, 3.05) is 18.0 Å². The van der Waals surface area contributed by atoms with Gasteiger partial charge >= 0.3 is 0 Å². The Balaban J connectivity index is 1.52. The molecule has 1 N–H and O–H groups in total. The van der Waals surface area contributed by atoms with Gasteiger partial charge in [0.2, 0.25) is 5.91 Å². The second kappa shape index (κ2) is 7.90. The quantitative estimate of drug-likeness (QED) is 0.514. The summed E-state index contributed by atoms with van der Waals surface area (Å²) >= 11 is 6.18. The average Bonchev–Trinajstić information content (AvgIpc) is 3.38. The third-order valence-corrected chi connectivity index (χ3v) is 6.17. The highest BCUT2D eigenvalue weighted by Crippen LogP contribution is 2.32. The lowest BCUT2D eigenvalue weighted by molar-refractivity contribution is -0.134. The van der Waals surface area contributed by atoms with Crippen molar-refractivity contribution >= 4 is 29.0 Å². The molecule has 0 aliphatic carbocycles. The van der Waals surface area contributed by atoms with Gasteiger partial charge in [-0.05, 0) is 32.0 Å². The van der Waals surface area contributed by atoms with Gasteiger partial charge in [-0.3, -0.25) is 14.3 Å². The molecule has 1 amide bonds. The van der Waals surface area contributed by atoms with Crippen molar-refractivity contribution in [1.82, 2.24) is 34.4 Å². The Kier molecular flexibility index (Phi) is 5.05. The largest absolute Gasteiger partial charge is 0.352 e. The van der Waals surface area contributed by atoms with Crippen molar-refractivity contribution in [3.8, 4) is 11.5 Å². The fourth-order valence-electron chi connectivity index (χ4n) is 4.52. The van der Waals surface area contributed by atoms with Gasteiger partial charge < -0.3 is 9.80 Å². The van der Waals surface area contributed by atoms with Gasteiger partial charge in [-0.25, -0.2) is 15.0 Å². The van der Waals surface area contributed by atoms with Crippen LogP contribution in [0.15, 0.2) is 43.0 Å². The van der Waals surface area contributed by atoms with E-state index < -0.39 is 0 Å². The van der Waals surface area contributed by atoms with Gasteiger partial charge in [0.05, 0.1) is 23.0 Å². The van der Waals surface area contributed by atoms with Gasteiger partial charge in [0.15, 0.2) is 5.82 Å². The van der Waals surface area contributed by atoms with Crippen molar-refractivity contribution in [1.29, 1.82) is 0 Å². The molecular formula is C22H23ClN8O. The number of piperazine rings is 1. The summed E-state index contributed by atoms with van der Waals surface area (Å²) < 4.78 is 1.88. The van der Waals surface area contributed by atoms with Crippen LogP contribution in [0, 0.1) is 6.92 Å². The Bertz CT molecular complexity index is 1300. The van der Waals surface area contributed by atoms with E-state index in [-0.39, 0.29) is 18.0 Å². The Hall–Kier alpha value is -3.46. The molecule has 10 heteroatoms. The van der Waals surface area contributed by atoms with Crippen LogP contribution < -0.4 is 4.90 Å². The molecule has 0 aromatic carbocycles. The van der Waals surface area contributed by atoms with Crippen LogP contribution in [-0.2, 0) is 4.79 Å². The molecule has 1 aliphatic heterocycles. The van der Waals surface area contributed by atoms with Crippen LogP contribution in [0.5, 0.6) is 0 Å². The van der Waals surface area contributed by atoms with E-state index in [0.29, 0.717) is 23.9 Å². The molecule has 1 fully saturated rings. The molecular weight excluding hydrogens is 428 g/mol. The first-order valence-corrected chi connectivity index (χ1v) is 10.8. The molecule has 0 spiro atoms. The molecule has 5 heterocycles. The maximum atomic E-state index is 12.5. The molecule has 4 aromatic rings. The van der Waals surface area contributed by atoms with Crippen LogP contribution in [0.1, 0.15) is 31.1 Å². The Labute approximate surface area is 190 Å². The van der Waals surface area contributed by atoms with Crippen LogP contribution in [0.4, 0.5) is 5.82 Å². The Morgan fingerprint density at radius 3 is 2.81 bits per heavy atom. The summed E-state index contributed by atoms with van der Waals surface area (Å²) in [5, 5.41) is 7.80. The highest BCUT2D eigenvalue weighted by atomic mass is 35.5. The number of pyridine rings is 1. The lowest BCUT2D eigenvalue weighted by Crippen LogP contribution is -2.55. The summed E-state index contributed by atoms with van der Waals surface area (Å²) in [4.78, 5) is 30.3. The zero-order valence-corrected chi connectivity index (χ0v) is 18.8. The minimum Gasteiger partial charge on any atom is -0.352 e. The number of anilines is 1. The van der Waals surface area contributed by atoms with Crippen LogP contribution in [0.25, 0.3) is 17.2 Å². The van der Waals surface area contributed by atoms with Gasteiger partial charge in [0.1, 0.15) is 17.2 Å². The summed E-state index contributed by atoms with van der Waals surface area (Å²) in [6, 6.07) is 5.45. The molecule has 5 rings (SSSR count). The summed E-state index contributed by atoms with van der Waals surface area (Å²) in [6.07, 6.45) is 7.18. The molecule has 2 atom stereocenters. The number of fused-ring (bicyclic) bond motifs is 1. The molecule has 0 radical (unpaired) electrons. The third-order valence-electron chi connectivity index (χ3n) is 5.94. The van der Waals surface area contributed by atoms with Crippen LogP contribution >= 0.6 is 11.6 Å². The van der Waals surface area contributed by atoms with Crippen molar-refractivity contribution in [3.63, 3.8) is 0 Å². The highest BCUT2D eigenvalue weighted by Gasteiger charge is 2.36. The van der Waals surface area contributed by atoms with Gasteiger partial charge in [0, 0.05) is 50.2 Å². The minimum absolute atomic E-state index is 0.00793. The number of aromatic nitrogens is 6. The molecule has 0 saturated carbocycles. The van der Waals surface area contributed by atoms with Gasteiger partial charge in [-0.15, -0.1) is 0 Å². The van der Waals surface area contributed by atoms with Crippen LogP contribution in [0.2, 0.25) is 5.02 Å². The van der Waals surface area contributed by atoms with E-state index >= 15 is 0 Å². The average molecular weight is 451 g/mol. The number of aromatic amines is 1. The van der Waals surface area contributed by atoms with Crippen molar-refractivity contribution < 1.29 is 4.79 Å². The van der Waals surface area contributed by atoms with E-state index in [9.17, 15) is 4.79 Å². The van der Waals surface area contributed by atoms with Gasteiger partial charge in [0.25, 0.3) is 0 Å². The van der Waals surface area contributed by atoms with E-state index in [1.807, 2.05) is 34.6 Å². The fraction of sp³-hybridized carbons (Fsp3) is 0.318. The lowest BCUT2D eigenvalue weighted by atomic mass is 9.99. The van der Waals surface area contributed by atoms with E-state index in [1.165, 1.54) is 0 Å². The normalized spacial score (nSPS) is 19.0. The summed E-state index contributed by atoms with van der Waals surface area (Å²) in [7, 11) is 0. The SMILES string of the molecule is CC(=O)N1C(C)CN(c2ccnc(-c3cnc4ccc(Cl)cn34)n2)CC1c1c[nH]nc1C. The number of carbonyl (C=O) groups excluding carboxylic acids is 1. The molecule has 164 valence electrons. The first-order valence-electron chi connectivity index (χ1n) is 10.4. The minimum atomic E-state index is -0.122. The van der Waals surface area contributed by atoms with E-state index in [0.717, 1.165) is 28.4 Å². The van der Waals surface area contributed by atoms with Gasteiger partial charge in [-0.2, -0.15) is 5.10 Å². The molecule has 0 bridgehead atoms. The van der Waals surface area contributed by atoms with Crippen molar-refractivity contribution in [2.24, 2.45) is 0 Å². The van der Waals surface area contributed by atoms with Crippen LogP contribution in [0.3, 0.4) is 0 Å². The predicted molar refractivity (Wildman–Crippen MR) is 121 cm³/mol. The molecule has 1 saturated heterocycles. The number of H-pyrrole nitrogens is 1. The highest BCUT2D eigenvalue weighted by molar-refractivity contribution is 6.30. The zero-order chi connectivity index (χ0) is 22.4. The second-order valence-electron chi connectivity index (χ2n) is 8.08. The molecule has 32 heavy (non-hydrogen) atoms. The molecule has 2 unspecified atom stereocenters. The monoisotopic (exact) mass is 450 g/mol. The maximum Gasteiger partial charge on any atom is 0.220 e. The molecule has 1 aliphatic rings. The first-order chi connectivity index (χ1) is 15.4. The summed E-state index contributed by atoms with van der Waals surface area (Å²) in [5.41, 5.74) is 3.45. The second-order valence-corrected chi connectivity index (χ2v) is 8.52. The Morgan fingerprint density at radius 2 is 2.06 bits per heavy atom. The van der Waals surface area contributed by atoms with Gasteiger partial charge in [-0.1, -0.05) is 11.6 Å². The fourth-order valence-corrected chi connectivity index (χ4v) is 4.68. The topological polar surface area (TPSA) is 95.3 Å². The number of hydrogen-bond acceptors (Lipinski definition) is 6. The predicted octanol–water partition coefficient (Wildman–Crippen LogP) is 3.27. The number of amides is 1. The smallest absolute Gasteiger partial charge is 0.220 e. The molecule has 9 nitrogen and oxygen atoms in total. The molecule has 4 aromatic heterocycles. The van der Waals surface area contributed by atoms with E-state index in [4.69, 9.17) is 16.6 Å². The summed E-state index contributed by atoms with van der Waals surface area (Å²) in [6.45, 7) is 6.91. The number of carbonyl (C=O) groups is 1. The number of nitrogens with zero attached hydrogens (tertiary/aromatic N) is 7. The number of aryl methyl sites for hydroxylation is 1. The zero-order valence-electron chi connectivity index (χ0n) is 18.0. The number of rotatable bonds is 3. The Morgan fingerprint density at radius 1 is 1.22 bits per heavy atom. The van der Waals surface area contributed by atoms with Crippen molar-refractivity contribution in [2.45, 2.75) is 32.9 Å². The van der Waals surface area contributed by atoms with Crippen LogP contribution in [-0.4, -0.2) is 59.5 Å². The lowest BCUT2D eigenvalue weighted by Gasteiger charge is -2.45. The standard InChI is InChI=1S/C22H23ClN8O/c1-13-10-29(12-19(31(13)15(3)32)17-8-26-28-14(17)2)21-6-7-24-22(27-21)18-9-25-20-5-4-16(23)11-30(18)20/h4-9,11,13,19H,10,12H2,1-3H3,(H,26,28). The number of halogens is 1. The number of nitrogens with one attached hydrogen (secondary N) is 1. The van der Waals surface area contributed by atoms with E-state index in [1.54, 1.807) is 31.6 Å². The van der Waals surface area contributed by atoms with Crippen molar-refractivity contribution in [3.05, 3.63) is 59.3 Å². The van der Waals surface area contributed by atoms with E-state index in [2.05, 4.69) is 32.0 Å². The number of hydrogen-bond donors (Lipinski definition) is 1. The number of imidazole rings is 1. The summed E-state index contributed by atoms with van der Waals surface area (Å²) in [5.74, 6) is 1.41. The first kappa shape index (κ1) is 20.4. The maximum absolute atomic E-state index is 12.5.